The van der Waals surface area contributed by atoms with Crippen LogP contribution >= 0.6 is 0 Å². The van der Waals surface area contributed by atoms with Gasteiger partial charge >= 0.3 is 6.03 Å². The quantitative estimate of drug-likeness (QED) is 0.746. The maximum atomic E-state index is 11.5. The highest BCUT2D eigenvalue weighted by Crippen LogP contribution is 2.11. The van der Waals surface area contributed by atoms with E-state index in [0.717, 1.165) is 5.69 Å². The fourth-order valence-electron chi connectivity index (χ4n) is 1.67. The van der Waals surface area contributed by atoms with Crippen LogP contribution in [0.1, 0.15) is 18.7 Å². The number of rotatable bonds is 5. The predicted molar refractivity (Wildman–Crippen MR) is 73.4 cm³/mol. The zero-order valence-corrected chi connectivity index (χ0v) is 11.2. The van der Waals surface area contributed by atoms with Gasteiger partial charge in [-0.1, -0.05) is 23.4 Å². The molecule has 0 saturated heterocycles. The van der Waals surface area contributed by atoms with Gasteiger partial charge in [-0.2, -0.15) is 0 Å². The molecule has 2 rings (SSSR count). The third-order valence-electron chi connectivity index (χ3n) is 2.72. The SMILES string of the molecule is CC(NC(=O)NCCO)c1cn(-c2ccccc2)nn1. The van der Waals surface area contributed by atoms with E-state index < -0.39 is 0 Å². The molecule has 7 nitrogen and oxygen atoms in total. The average molecular weight is 275 g/mol. The van der Waals surface area contributed by atoms with Gasteiger partial charge in [0.05, 0.1) is 24.5 Å². The lowest BCUT2D eigenvalue weighted by atomic mass is 10.2. The first-order valence-corrected chi connectivity index (χ1v) is 6.33. The highest BCUT2D eigenvalue weighted by Gasteiger charge is 2.13. The highest BCUT2D eigenvalue weighted by molar-refractivity contribution is 5.74. The number of para-hydroxylation sites is 1. The Morgan fingerprint density at radius 1 is 1.40 bits per heavy atom. The molecule has 1 aromatic carbocycles. The van der Waals surface area contributed by atoms with Gasteiger partial charge < -0.3 is 15.7 Å². The van der Waals surface area contributed by atoms with Crippen LogP contribution in [0.2, 0.25) is 0 Å². The second kappa shape index (κ2) is 6.67. The summed E-state index contributed by atoms with van der Waals surface area (Å²) in [5, 5.41) is 21.9. The van der Waals surface area contributed by atoms with E-state index >= 15 is 0 Å². The Hall–Kier alpha value is -2.41. The molecule has 2 aromatic rings. The van der Waals surface area contributed by atoms with E-state index in [2.05, 4.69) is 20.9 Å². The van der Waals surface area contributed by atoms with E-state index in [-0.39, 0.29) is 25.2 Å². The maximum Gasteiger partial charge on any atom is 0.315 e. The average Bonchev–Trinajstić information content (AvgIpc) is 2.96. The summed E-state index contributed by atoms with van der Waals surface area (Å²) in [5.74, 6) is 0. The molecule has 0 bridgehead atoms. The molecule has 20 heavy (non-hydrogen) atoms. The van der Waals surface area contributed by atoms with E-state index in [1.807, 2.05) is 37.3 Å². The number of benzene rings is 1. The van der Waals surface area contributed by atoms with Crippen molar-refractivity contribution >= 4 is 6.03 Å². The Balaban J connectivity index is 2.00. The Morgan fingerprint density at radius 3 is 2.85 bits per heavy atom. The van der Waals surface area contributed by atoms with Gasteiger partial charge in [-0.15, -0.1) is 5.10 Å². The highest BCUT2D eigenvalue weighted by atomic mass is 16.3. The third kappa shape index (κ3) is 3.55. The van der Waals surface area contributed by atoms with Gasteiger partial charge in [0.2, 0.25) is 0 Å². The first-order chi connectivity index (χ1) is 9.70. The third-order valence-corrected chi connectivity index (χ3v) is 2.72. The van der Waals surface area contributed by atoms with E-state index in [9.17, 15) is 4.79 Å². The van der Waals surface area contributed by atoms with Crippen molar-refractivity contribution in [3.05, 3.63) is 42.2 Å². The van der Waals surface area contributed by atoms with Crippen molar-refractivity contribution in [3.8, 4) is 5.69 Å². The molecule has 0 aliphatic heterocycles. The summed E-state index contributed by atoms with van der Waals surface area (Å²) in [4.78, 5) is 11.5. The zero-order chi connectivity index (χ0) is 14.4. The first kappa shape index (κ1) is 14.0. The molecule has 0 radical (unpaired) electrons. The monoisotopic (exact) mass is 275 g/mol. The molecule has 0 aliphatic rings. The van der Waals surface area contributed by atoms with E-state index in [0.29, 0.717) is 5.69 Å². The number of hydrogen-bond acceptors (Lipinski definition) is 4. The molecule has 0 aliphatic carbocycles. The molecule has 3 N–H and O–H groups in total. The number of aliphatic hydroxyl groups excluding tert-OH is 1. The fourth-order valence-corrected chi connectivity index (χ4v) is 1.67. The van der Waals surface area contributed by atoms with Crippen LogP contribution in [0.15, 0.2) is 36.5 Å². The van der Waals surface area contributed by atoms with Crippen molar-refractivity contribution < 1.29 is 9.90 Å². The number of carbonyl (C=O) groups is 1. The molecule has 0 saturated carbocycles. The van der Waals surface area contributed by atoms with Crippen molar-refractivity contribution in [2.24, 2.45) is 0 Å². The molecule has 106 valence electrons. The van der Waals surface area contributed by atoms with Crippen molar-refractivity contribution in [1.82, 2.24) is 25.6 Å². The summed E-state index contributed by atoms with van der Waals surface area (Å²) in [6, 6.07) is 8.99. The maximum absolute atomic E-state index is 11.5. The van der Waals surface area contributed by atoms with Crippen LogP contribution in [-0.4, -0.2) is 39.3 Å². The van der Waals surface area contributed by atoms with Crippen LogP contribution < -0.4 is 10.6 Å². The second-order valence-electron chi connectivity index (χ2n) is 4.27. The summed E-state index contributed by atoms with van der Waals surface area (Å²) in [5.41, 5.74) is 1.57. The zero-order valence-electron chi connectivity index (χ0n) is 11.2. The summed E-state index contributed by atoms with van der Waals surface area (Å²) in [6.45, 7) is 1.94. The van der Waals surface area contributed by atoms with Gasteiger partial charge in [0.15, 0.2) is 0 Å². The number of hydrogen-bond donors (Lipinski definition) is 3. The summed E-state index contributed by atoms with van der Waals surface area (Å²) >= 11 is 0. The van der Waals surface area contributed by atoms with Crippen molar-refractivity contribution in [2.45, 2.75) is 13.0 Å². The van der Waals surface area contributed by atoms with E-state index in [4.69, 9.17) is 5.11 Å². The van der Waals surface area contributed by atoms with E-state index in [1.54, 1.807) is 10.9 Å². The molecule has 1 atom stereocenters. The van der Waals surface area contributed by atoms with Crippen LogP contribution in [-0.2, 0) is 0 Å². The fraction of sp³-hybridized carbons (Fsp3) is 0.308. The summed E-state index contributed by atoms with van der Waals surface area (Å²) in [7, 11) is 0. The minimum atomic E-state index is -0.346. The lowest BCUT2D eigenvalue weighted by Gasteiger charge is -2.11. The van der Waals surface area contributed by atoms with Crippen LogP contribution in [0.4, 0.5) is 4.79 Å². The second-order valence-corrected chi connectivity index (χ2v) is 4.27. The van der Waals surface area contributed by atoms with Gasteiger partial charge in [-0.05, 0) is 19.1 Å². The largest absolute Gasteiger partial charge is 0.395 e. The van der Waals surface area contributed by atoms with Crippen molar-refractivity contribution in [2.75, 3.05) is 13.2 Å². The van der Waals surface area contributed by atoms with Gasteiger partial charge in [-0.25, -0.2) is 9.48 Å². The van der Waals surface area contributed by atoms with Gasteiger partial charge in [-0.3, -0.25) is 0 Å². The van der Waals surface area contributed by atoms with Crippen molar-refractivity contribution in [1.29, 1.82) is 0 Å². The molecular weight excluding hydrogens is 258 g/mol. The molecule has 7 heteroatoms. The Morgan fingerprint density at radius 2 is 2.15 bits per heavy atom. The molecular formula is C13H17N5O2. The standard InChI is InChI=1S/C13H17N5O2/c1-10(15-13(20)14-7-8-19)12-9-18(17-16-12)11-5-3-2-4-6-11/h2-6,9-10,19H,7-8H2,1H3,(H2,14,15,20). The summed E-state index contributed by atoms with van der Waals surface area (Å²) in [6.07, 6.45) is 1.77. The number of urea groups is 1. The van der Waals surface area contributed by atoms with Gasteiger partial charge in [0.1, 0.15) is 5.69 Å². The van der Waals surface area contributed by atoms with Crippen LogP contribution in [0.5, 0.6) is 0 Å². The Labute approximate surface area is 116 Å². The lowest BCUT2D eigenvalue weighted by molar-refractivity contribution is 0.231. The predicted octanol–water partition coefficient (Wildman–Crippen LogP) is 0.620. The Bertz CT molecular complexity index is 555. The van der Waals surface area contributed by atoms with Crippen LogP contribution in [0, 0.1) is 0 Å². The number of amides is 2. The minimum absolute atomic E-state index is 0.0913. The minimum Gasteiger partial charge on any atom is -0.395 e. The molecule has 0 fully saturated rings. The summed E-state index contributed by atoms with van der Waals surface area (Å²) < 4.78 is 1.65. The number of nitrogens with zero attached hydrogens (tertiary/aromatic N) is 3. The molecule has 1 unspecified atom stereocenters. The molecule has 1 aromatic heterocycles. The normalized spacial score (nSPS) is 11.9. The number of aliphatic hydroxyl groups is 1. The number of aromatic nitrogens is 3. The van der Waals surface area contributed by atoms with Crippen LogP contribution in [0.25, 0.3) is 5.69 Å². The lowest BCUT2D eigenvalue weighted by Crippen LogP contribution is -2.38. The number of carbonyl (C=O) groups excluding carboxylic acids is 1. The smallest absolute Gasteiger partial charge is 0.315 e. The molecule has 1 heterocycles. The van der Waals surface area contributed by atoms with Crippen molar-refractivity contribution in [3.63, 3.8) is 0 Å². The number of nitrogens with one attached hydrogen (secondary N) is 2. The molecule has 2 amide bonds. The topological polar surface area (TPSA) is 92.1 Å². The molecule has 0 spiro atoms. The van der Waals surface area contributed by atoms with Gasteiger partial charge in [0, 0.05) is 6.54 Å². The first-order valence-electron chi connectivity index (χ1n) is 6.33. The van der Waals surface area contributed by atoms with Gasteiger partial charge in [0.25, 0.3) is 0 Å². The van der Waals surface area contributed by atoms with E-state index in [1.165, 1.54) is 0 Å². The Kier molecular flexibility index (Phi) is 4.67. The van der Waals surface area contributed by atoms with Crippen LogP contribution in [0.3, 0.4) is 0 Å².